The number of nitrogens with zero attached hydrogens (tertiary/aromatic N) is 3. The number of hydrogen-bond donors (Lipinski definition) is 0. The number of carbonyl (C=O) groups is 1. The van der Waals surface area contributed by atoms with Gasteiger partial charge in [0.25, 0.3) is 0 Å². The van der Waals surface area contributed by atoms with Gasteiger partial charge in [0.05, 0.1) is 30.8 Å². The van der Waals surface area contributed by atoms with E-state index in [1.165, 1.54) is 0 Å². The number of aromatic nitrogens is 2. The fourth-order valence-electron chi connectivity index (χ4n) is 4.14. The lowest BCUT2D eigenvalue weighted by molar-refractivity contribution is -0.129. The molecule has 1 saturated heterocycles. The van der Waals surface area contributed by atoms with Crippen molar-refractivity contribution in [1.29, 1.82) is 0 Å². The molecule has 0 radical (unpaired) electrons. The summed E-state index contributed by atoms with van der Waals surface area (Å²) in [6, 6.07) is 15.9. The van der Waals surface area contributed by atoms with E-state index in [-0.39, 0.29) is 11.9 Å². The zero-order chi connectivity index (χ0) is 20.2. The van der Waals surface area contributed by atoms with E-state index in [0.29, 0.717) is 6.61 Å². The van der Waals surface area contributed by atoms with Crippen LogP contribution in [0.15, 0.2) is 48.5 Å². The van der Waals surface area contributed by atoms with Gasteiger partial charge in [-0.05, 0) is 43.5 Å². The summed E-state index contributed by atoms with van der Waals surface area (Å²) in [5.74, 6) is 2.59. The highest BCUT2D eigenvalue weighted by Gasteiger charge is 2.32. The van der Waals surface area contributed by atoms with Crippen LogP contribution in [-0.2, 0) is 11.3 Å². The standard InChI is InChI=1S/C23H27N3O3/c1-17(27)25-14-7-11-20(25)23-24-18-9-3-4-10-19(18)26(23)15-8-16-29-22-13-6-5-12-21(22)28-2/h3-6,9-10,12-13,20H,7-8,11,14-16H2,1-2H3. The lowest BCUT2D eigenvalue weighted by Gasteiger charge is -2.24. The van der Waals surface area contributed by atoms with Gasteiger partial charge in [0.2, 0.25) is 5.91 Å². The Kier molecular flexibility index (Phi) is 5.69. The molecule has 1 atom stereocenters. The molecule has 1 aliphatic rings. The molecule has 1 fully saturated rings. The smallest absolute Gasteiger partial charge is 0.220 e. The van der Waals surface area contributed by atoms with Crippen molar-refractivity contribution in [3.63, 3.8) is 0 Å². The van der Waals surface area contributed by atoms with Crippen LogP contribution in [0.2, 0.25) is 0 Å². The van der Waals surface area contributed by atoms with E-state index in [1.54, 1.807) is 14.0 Å². The summed E-state index contributed by atoms with van der Waals surface area (Å²) in [6.45, 7) is 3.81. The Labute approximate surface area is 171 Å². The van der Waals surface area contributed by atoms with E-state index < -0.39 is 0 Å². The number of aryl methyl sites for hydroxylation is 1. The number of likely N-dealkylation sites (tertiary alicyclic amines) is 1. The fourth-order valence-corrected chi connectivity index (χ4v) is 4.14. The van der Waals surface area contributed by atoms with E-state index in [9.17, 15) is 4.79 Å². The lowest BCUT2D eigenvalue weighted by Crippen LogP contribution is -2.30. The van der Waals surface area contributed by atoms with Gasteiger partial charge in [-0.25, -0.2) is 4.98 Å². The number of benzene rings is 2. The minimum atomic E-state index is 0.0510. The molecule has 0 N–H and O–H groups in total. The second-order valence-electron chi connectivity index (χ2n) is 7.33. The van der Waals surface area contributed by atoms with Crippen molar-refractivity contribution in [2.24, 2.45) is 0 Å². The maximum atomic E-state index is 12.1. The summed E-state index contributed by atoms with van der Waals surface area (Å²) in [4.78, 5) is 18.9. The second-order valence-corrected chi connectivity index (χ2v) is 7.33. The van der Waals surface area contributed by atoms with Crippen LogP contribution < -0.4 is 9.47 Å². The highest BCUT2D eigenvalue weighted by atomic mass is 16.5. The highest BCUT2D eigenvalue weighted by molar-refractivity contribution is 5.77. The van der Waals surface area contributed by atoms with Crippen LogP contribution in [0.1, 0.15) is 38.1 Å². The van der Waals surface area contributed by atoms with Crippen LogP contribution in [0.25, 0.3) is 11.0 Å². The number of amides is 1. The molecule has 2 heterocycles. The molecule has 1 unspecified atom stereocenters. The average Bonchev–Trinajstić information content (AvgIpc) is 3.36. The first-order valence-electron chi connectivity index (χ1n) is 10.2. The molecule has 0 aliphatic carbocycles. The molecular formula is C23H27N3O3. The predicted molar refractivity (Wildman–Crippen MR) is 112 cm³/mol. The fraction of sp³-hybridized carbons (Fsp3) is 0.391. The van der Waals surface area contributed by atoms with Crippen LogP contribution in [-0.4, -0.2) is 40.6 Å². The number of hydrogen-bond acceptors (Lipinski definition) is 4. The monoisotopic (exact) mass is 393 g/mol. The van der Waals surface area contributed by atoms with Gasteiger partial charge in [0.15, 0.2) is 11.5 Å². The summed E-state index contributed by atoms with van der Waals surface area (Å²) < 4.78 is 13.5. The van der Waals surface area contributed by atoms with Crippen LogP contribution >= 0.6 is 0 Å². The normalized spacial score (nSPS) is 16.3. The molecule has 0 bridgehead atoms. The topological polar surface area (TPSA) is 56.6 Å². The van der Waals surface area contributed by atoms with Crippen molar-refractivity contribution >= 4 is 16.9 Å². The summed E-state index contributed by atoms with van der Waals surface area (Å²) in [6.07, 6.45) is 2.81. The van der Waals surface area contributed by atoms with Gasteiger partial charge in [-0.3, -0.25) is 4.79 Å². The van der Waals surface area contributed by atoms with E-state index in [2.05, 4.69) is 10.6 Å². The summed E-state index contributed by atoms with van der Waals surface area (Å²) in [5, 5.41) is 0. The molecule has 2 aromatic carbocycles. The van der Waals surface area contributed by atoms with Gasteiger partial charge in [-0.2, -0.15) is 0 Å². The maximum Gasteiger partial charge on any atom is 0.220 e. The van der Waals surface area contributed by atoms with Crippen LogP contribution in [0.3, 0.4) is 0 Å². The molecule has 1 amide bonds. The molecule has 152 valence electrons. The first-order chi connectivity index (χ1) is 14.2. The van der Waals surface area contributed by atoms with Crippen molar-refractivity contribution in [2.45, 2.75) is 38.8 Å². The largest absolute Gasteiger partial charge is 0.493 e. The predicted octanol–water partition coefficient (Wildman–Crippen LogP) is 4.20. The highest BCUT2D eigenvalue weighted by Crippen LogP contribution is 2.33. The molecule has 1 aliphatic heterocycles. The van der Waals surface area contributed by atoms with Crippen LogP contribution in [0.5, 0.6) is 11.5 Å². The number of imidazole rings is 1. The Bertz CT molecular complexity index is 998. The number of ether oxygens (including phenoxy) is 2. The number of para-hydroxylation sites is 4. The van der Waals surface area contributed by atoms with Crippen molar-refractivity contribution in [2.75, 3.05) is 20.3 Å². The van der Waals surface area contributed by atoms with Gasteiger partial charge in [0, 0.05) is 20.0 Å². The molecule has 6 heteroatoms. The van der Waals surface area contributed by atoms with E-state index in [1.807, 2.05) is 47.4 Å². The molecular weight excluding hydrogens is 366 g/mol. The quantitative estimate of drug-likeness (QED) is 0.565. The van der Waals surface area contributed by atoms with Crippen LogP contribution in [0, 0.1) is 0 Å². The Hall–Kier alpha value is -3.02. The molecule has 1 aromatic heterocycles. The maximum absolute atomic E-state index is 12.1. The summed E-state index contributed by atoms with van der Waals surface area (Å²) in [5.41, 5.74) is 2.08. The second kappa shape index (κ2) is 8.55. The Morgan fingerprint density at radius 2 is 1.90 bits per heavy atom. The van der Waals surface area contributed by atoms with E-state index in [4.69, 9.17) is 14.5 Å². The van der Waals surface area contributed by atoms with Gasteiger partial charge in [0.1, 0.15) is 5.82 Å². The summed E-state index contributed by atoms with van der Waals surface area (Å²) >= 11 is 0. The number of rotatable bonds is 7. The van der Waals surface area contributed by atoms with Crippen molar-refractivity contribution in [3.8, 4) is 11.5 Å². The third-order valence-electron chi connectivity index (χ3n) is 5.49. The molecule has 0 saturated carbocycles. The molecule has 0 spiro atoms. The average molecular weight is 393 g/mol. The van der Waals surface area contributed by atoms with Gasteiger partial charge in [-0.15, -0.1) is 0 Å². The van der Waals surface area contributed by atoms with E-state index in [0.717, 1.165) is 60.7 Å². The SMILES string of the molecule is COc1ccccc1OCCCn1c(C2CCCN2C(C)=O)nc2ccccc21. The number of carbonyl (C=O) groups excluding carboxylic acids is 1. The van der Waals surface area contributed by atoms with Crippen LogP contribution in [0.4, 0.5) is 0 Å². The number of methoxy groups -OCH3 is 1. The minimum absolute atomic E-state index is 0.0510. The van der Waals surface area contributed by atoms with E-state index >= 15 is 0 Å². The zero-order valence-electron chi connectivity index (χ0n) is 17.0. The number of fused-ring (bicyclic) bond motifs is 1. The lowest BCUT2D eigenvalue weighted by atomic mass is 10.2. The zero-order valence-corrected chi connectivity index (χ0v) is 17.0. The minimum Gasteiger partial charge on any atom is -0.493 e. The first-order valence-corrected chi connectivity index (χ1v) is 10.2. The Morgan fingerprint density at radius 1 is 1.14 bits per heavy atom. The molecule has 29 heavy (non-hydrogen) atoms. The third kappa shape index (κ3) is 3.92. The van der Waals surface area contributed by atoms with Gasteiger partial charge < -0.3 is 18.9 Å². The van der Waals surface area contributed by atoms with Crippen molar-refractivity contribution in [1.82, 2.24) is 14.5 Å². The Balaban J connectivity index is 1.52. The van der Waals surface area contributed by atoms with Crippen molar-refractivity contribution in [3.05, 3.63) is 54.4 Å². The summed E-state index contributed by atoms with van der Waals surface area (Å²) in [7, 11) is 1.65. The third-order valence-corrected chi connectivity index (χ3v) is 5.49. The van der Waals surface area contributed by atoms with Crippen molar-refractivity contribution < 1.29 is 14.3 Å². The van der Waals surface area contributed by atoms with Gasteiger partial charge in [-0.1, -0.05) is 24.3 Å². The molecule has 3 aromatic rings. The Morgan fingerprint density at radius 3 is 2.69 bits per heavy atom. The molecule has 6 nitrogen and oxygen atoms in total. The van der Waals surface area contributed by atoms with Gasteiger partial charge >= 0.3 is 0 Å². The molecule has 4 rings (SSSR count). The first kappa shape index (κ1) is 19.3.